The van der Waals surface area contributed by atoms with Crippen molar-refractivity contribution >= 4 is 33.5 Å². The van der Waals surface area contributed by atoms with Crippen molar-refractivity contribution in [1.82, 2.24) is 10.6 Å². The zero-order chi connectivity index (χ0) is 19.2. The second-order valence-electron chi connectivity index (χ2n) is 6.36. The Bertz CT molecular complexity index is 1010. The number of carbonyl (C=O) groups excluding carboxylic acids is 2. The Morgan fingerprint density at radius 2 is 1.67 bits per heavy atom. The first-order valence-corrected chi connectivity index (χ1v) is 8.79. The number of hydrogen-bond acceptors (Lipinski definition) is 3. The van der Waals surface area contributed by atoms with Gasteiger partial charge in [-0.25, -0.2) is 9.59 Å². The van der Waals surface area contributed by atoms with E-state index in [9.17, 15) is 9.59 Å². The first-order chi connectivity index (χ1) is 13.0. The van der Waals surface area contributed by atoms with E-state index in [1.54, 1.807) is 6.92 Å². The smallest absolute Gasteiger partial charge is 0.333 e. The molecule has 0 aliphatic heterocycles. The van der Waals surface area contributed by atoms with Crippen LogP contribution < -0.4 is 10.6 Å². The van der Waals surface area contributed by atoms with Gasteiger partial charge in [0.05, 0.1) is 6.54 Å². The lowest BCUT2D eigenvalue weighted by atomic mass is 10.00. The number of benzene rings is 3. The number of hydrogen-bond donors (Lipinski definition) is 2. The molecular weight excluding hydrogens is 340 g/mol. The van der Waals surface area contributed by atoms with Crippen LogP contribution in [0.5, 0.6) is 0 Å². The minimum atomic E-state index is -0.458. The van der Waals surface area contributed by atoms with Crippen LogP contribution in [0.1, 0.15) is 12.5 Å². The topological polar surface area (TPSA) is 67.4 Å². The van der Waals surface area contributed by atoms with Crippen LogP contribution in [0.25, 0.3) is 21.5 Å². The second-order valence-corrected chi connectivity index (χ2v) is 6.36. The van der Waals surface area contributed by atoms with Gasteiger partial charge in [-0.15, -0.1) is 0 Å². The highest BCUT2D eigenvalue weighted by Crippen LogP contribution is 2.25. The van der Waals surface area contributed by atoms with Crippen molar-refractivity contribution in [1.29, 1.82) is 0 Å². The quantitative estimate of drug-likeness (QED) is 0.302. The first-order valence-electron chi connectivity index (χ1n) is 8.79. The molecule has 0 atom stereocenters. The number of urea groups is 1. The summed E-state index contributed by atoms with van der Waals surface area (Å²) in [7, 11) is 0. The molecule has 0 fully saturated rings. The van der Waals surface area contributed by atoms with Crippen LogP contribution >= 0.6 is 0 Å². The molecule has 0 saturated heterocycles. The number of rotatable bonds is 6. The Labute approximate surface area is 158 Å². The van der Waals surface area contributed by atoms with Gasteiger partial charge in [-0.3, -0.25) is 0 Å². The summed E-state index contributed by atoms with van der Waals surface area (Å²) in [5, 5.41) is 10.1. The van der Waals surface area contributed by atoms with E-state index in [4.69, 9.17) is 4.74 Å². The van der Waals surface area contributed by atoms with Crippen LogP contribution in [0.15, 0.2) is 66.7 Å². The van der Waals surface area contributed by atoms with Gasteiger partial charge in [-0.2, -0.15) is 0 Å². The average Bonchev–Trinajstić information content (AvgIpc) is 2.67. The molecule has 0 bridgehead atoms. The standard InChI is InChI=1S/C22H22N2O3/c1-15(2)21(25)27-11-10-23-22(26)24-14-19-9-5-8-18-12-16-6-3-4-7-17(16)13-20(18)19/h3-9,12-13H,1,10-11,14H2,2H3,(H2,23,24,26). The fraction of sp³-hybridized carbons (Fsp3) is 0.182. The molecule has 27 heavy (non-hydrogen) atoms. The summed E-state index contributed by atoms with van der Waals surface area (Å²) in [4.78, 5) is 23.2. The van der Waals surface area contributed by atoms with E-state index in [2.05, 4.69) is 47.5 Å². The predicted molar refractivity (Wildman–Crippen MR) is 107 cm³/mol. The summed E-state index contributed by atoms with van der Waals surface area (Å²) in [6.07, 6.45) is 0. The molecule has 0 radical (unpaired) electrons. The summed E-state index contributed by atoms with van der Waals surface area (Å²) in [5.41, 5.74) is 1.38. The van der Waals surface area contributed by atoms with Gasteiger partial charge in [-0.1, -0.05) is 49.0 Å². The molecular formula is C22H22N2O3. The Hall–Kier alpha value is -3.34. The summed E-state index contributed by atoms with van der Waals surface area (Å²) in [6.45, 7) is 5.84. The molecule has 3 aromatic carbocycles. The SMILES string of the molecule is C=C(C)C(=O)OCCNC(=O)NCc1cccc2cc3ccccc3cc12. The zero-order valence-electron chi connectivity index (χ0n) is 15.2. The van der Waals surface area contributed by atoms with E-state index >= 15 is 0 Å². The van der Waals surface area contributed by atoms with Crippen molar-refractivity contribution < 1.29 is 14.3 Å². The lowest BCUT2D eigenvalue weighted by molar-refractivity contribution is -0.138. The van der Waals surface area contributed by atoms with Gasteiger partial charge in [-0.05, 0) is 46.2 Å². The van der Waals surface area contributed by atoms with Gasteiger partial charge in [0.2, 0.25) is 0 Å². The fourth-order valence-electron chi connectivity index (χ4n) is 2.86. The number of nitrogens with one attached hydrogen (secondary N) is 2. The summed E-state index contributed by atoms with van der Waals surface area (Å²) in [5.74, 6) is -0.458. The molecule has 5 heteroatoms. The fourth-order valence-corrected chi connectivity index (χ4v) is 2.86. The van der Waals surface area contributed by atoms with Gasteiger partial charge in [0, 0.05) is 12.1 Å². The molecule has 2 N–H and O–H groups in total. The number of ether oxygens (including phenoxy) is 1. The highest BCUT2D eigenvalue weighted by Gasteiger charge is 2.06. The third-order valence-electron chi connectivity index (χ3n) is 4.25. The van der Waals surface area contributed by atoms with Crippen LogP contribution in [-0.2, 0) is 16.1 Å². The van der Waals surface area contributed by atoms with Gasteiger partial charge in [0.25, 0.3) is 0 Å². The molecule has 0 unspecified atom stereocenters. The van der Waals surface area contributed by atoms with Crippen LogP contribution in [0.4, 0.5) is 4.79 Å². The van der Waals surface area contributed by atoms with E-state index < -0.39 is 5.97 Å². The molecule has 3 aromatic rings. The largest absolute Gasteiger partial charge is 0.460 e. The first kappa shape index (κ1) is 18.5. The number of amides is 2. The average molecular weight is 362 g/mol. The van der Waals surface area contributed by atoms with Crippen molar-refractivity contribution in [2.24, 2.45) is 0 Å². The molecule has 3 rings (SSSR count). The highest BCUT2D eigenvalue weighted by molar-refractivity contribution is 5.99. The molecule has 2 amide bonds. The normalized spacial score (nSPS) is 10.6. The van der Waals surface area contributed by atoms with Crippen molar-refractivity contribution in [2.45, 2.75) is 13.5 Å². The van der Waals surface area contributed by atoms with E-state index in [1.165, 1.54) is 10.8 Å². The number of esters is 1. The van der Waals surface area contributed by atoms with Gasteiger partial charge < -0.3 is 15.4 Å². The third kappa shape index (κ3) is 4.64. The highest BCUT2D eigenvalue weighted by atomic mass is 16.5. The summed E-state index contributed by atoms with van der Waals surface area (Å²) in [6, 6.07) is 18.3. The van der Waals surface area contributed by atoms with E-state index in [0.29, 0.717) is 12.1 Å². The van der Waals surface area contributed by atoms with Crippen molar-refractivity contribution in [2.75, 3.05) is 13.2 Å². The molecule has 0 aliphatic rings. The molecule has 0 aromatic heterocycles. The lowest BCUT2D eigenvalue weighted by Gasteiger charge is -2.11. The monoisotopic (exact) mass is 362 g/mol. The van der Waals surface area contributed by atoms with Crippen molar-refractivity contribution in [3.63, 3.8) is 0 Å². The third-order valence-corrected chi connectivity index (χ3v) is 4.25. The summed E-state index contributed by atoms with van der Waals surface area (Å²) < 4.78 is 4.93. The molecule has 138 valence electrons. The molecule has 0 spiro atoms. The second kappa shape index (κ2) is 8.36. The van der Waals surface area contributed by atoms with Crippen LogP contribution in [0.2, 0.25) is 0 Å². The lowest BCUT2D eigenvalue weighted by Crippen LogP contribution is -2.37. The van der Waals surface area contributed by atoms with Crippen molar-refractivity contribution in [3.05, 3.63) is 72.3 Å². The summed E-state index contributed by atoms with van der Waals surface area (Å²) >= 11 is 0. The molecule has 0 saturated carbocycles. The van der Waals surface area contributed by atoms with E-state index in [0.717, 1.165) is 16.3 Å². The molecule has 0 heterocycles. The Kier molecular flexibility index (Phi) is 5.71. The van der Waals surface area contributed by atoms with Gasteiger partial charge in [0.1, 0.15) is 6.61 Å². The Morgan fingerprint density at radius 3 is 2.41 bits per heavy atom. The Morgan fingerprint density at radius 1 is 0.963 bits per heavy atom. The zero-order valence-corrected chi connectivity index (χ0v) is 15.2. The minimum absolute atomic E-state index is 0.110. The maximum Gasteiger partial charge on any atom is 0.333 e. The van der Waals surface area contributed by atoms with Crippen LogP contribution in [0.3, 0.4) is 0 Å². The van der Waals surface area contributed by atoms with E-state index in [-0.39, 0.29) is 19.2 Å². The number of carbonyl (C=O) groups is 2. The predicted octanol–water partition coefficient (Wildman–Crippen LogP) is 3.91. The molecule has 5 nitrogen and oxygen atoms in total. The Balaban J connectivity index is 1.60. The van der Waals surface area contributed by atoms with Crippen molar-refractivity contribution in [3.8, 4) is 0 Å². The van der Waals surface area contributed by atoms with E-state index in [1.807, 2.05) is 24.3 Å². The van der Waals surface area contributed by atoms with Crippen LogP contribution in [-0.4, -0.2) is 25.2 Å². The van der Waals surface area contributed by atoms with Crippen LogP contribution in [0, 0.1) is 0 Å². The maximum absolute atomic E-state index is 12.0. The molecule has 0 aliphatic carbocycles. The number of fused-ring (bicyclic) bond motifs is 2. The van der Waals surface area contributed by atoms with Gasteiger partial charge >= 0.3 is 12.0 Å². The maximum atomic E-state index is 12.0. The minimum Gasteiger partial charge on any atom is -0.460 e. The van der Waals surface area contributed by atoms with Gasteiger partial charge in [0.15, 0.2) is 0 Å².